The number of hydrogen-bond donors (Lipinski definition) is 4. The van der Waals surface area contributed by atoms with Gasteiger partial charge in [-0.25, -0.2) is 20.0 Å². The van der Waals surface area contributed by atoms with Gasteiger partial charge in [-0.15, -0.1) is 0 Å². The summed E-state index contributed by atoms with van der Waals surface area (Å²) in [5.41, 5.74) is 11.7. The van der Waals surface area contributed by atoms with E-state index in [1.54, 1.807) is 12.1 Å². The van der Waals surface area contributed by atoms with Crippen LogP contribution in [0.25, 0.3) is 0 Å². The number of carbonyl (C=O) groups is 4. The molecule has 0 aromatic heterocycles. The van der Waals surface area contributed by atoms with Gasteiger partial charge in [-0.3, -0.25) is 9.59 Å². The number of nitrogens with one attached hydrogen (secondary N) is 2. The number of esters is 1. The number of benzene rings is 3. The molecule has 2 amide bonds. The van der Waals surface area contributed by atoms with Crippen LogP contribution in [0.2, 0.25) is 0 Å². The van der Waals surface area contributed by atoms with E-state index >= 15 is 0 Å². The molecule has 3 aromatic rings. The predicted molar refractivity (Wildman–Crippen MR) is 170 cm³/mol. The van der Waals surface area contributed by atoms with Gasteiger partial charge in [-0.1, -0.05) is 97.4 Å². The Morgan fingerprint density at radius 1 is 0.717 bits per heavy atom. The number of unbranched alkanes of at least 4 members (excludes halogenated alkanes) is 2. The molecule has 0 spiro atoms. The Kier molecular flexibility index (Phi) is 15.6. The number of rotatable bonds is 19. The van der Waals surface area contributed by atoms with Crippen molar-refractivity contribution in [1.29, 1.82) is 0 Å². The van der Waals surface area contributed by atoms with E-state index < -0.39 is 36.8 Å². The molecule has 0 aliphatic carbocycles. The van der Waals surface area contributed by atoms with Gasteiger partial charge in [0.2, 0.25) is 0 Å². The topological polar surface area (TPSA) is 170 Å². The fourth-order valence-electron chi connectivity index (χ4n) is 4.37. The summed E-state index contributed by atoms with van der Waals surface area (Å²) in [6.45, 7) is 0.0820. The van der Waals surface area contributed by atoms with E-state index in [1.807, 2.05) is 78.9 Å². The summed E-state index contributed by atoms with van der Waals surface area (Å²) in [5.74, 6) is -1.44. The minimum absolute atomic E-state index is 0.00170. The molecule has 0 radical (unpaired) electrons. The zero-order chi connectivity index (χ0) is 33.0. The summed E-state index contributed by atoms with van der Waals surface area (Å²) in [6, 6.07) is 26.6. The van der Waals surface area contributed by atoms with E-state index in [0.717, 1.165) is 21.7 Å². The Bertz CT molecular complexity index is 1350. The summed E-state index contributed by atoms with van der Waals surface area (Å²) in [4.78, 5) is 49.2. The van der Waals surface area contributed by atoms with Gasteiger partial charge in [-0.05, 0) is 36.0 Å². The van der Waals surface area contributed by atoms with Crippen molar-refractivity contribution in [3.63, 3.8) is 0 Å². The zero-order valence-corrected chi connectivity index (χ0v) is 25.7. The highest BCUT2D eigenvalue weighted by atomic mass is 16.6. The van der Waals surface area contributed by atoms with Crippen LogP contribution in [-0.4, -0.2) is 53.0 Å². The molecule has 46 heavy (non-hydrogen) atoms. The lowest BCUT2D eigenvalue weighted by Crippen LogP contribution is -2.57. The highest BCUT2D eigenvalue weighted by Gasteiger charge is 2.25. The van der Waals surface area contributed by atoms with Crippen molar-refractivity contribution in [2.75, 3.05) is 6.54 Å². The maximum atomic E-state index is 13.1. The molecule has 246 valence electrons. The number of nitrogens with zero attached hydrogens (tertiary/aromatic N) is 1. The SMILES string of the molecule is NC(CCCCCC(=O)OCc1ccccc1)N(NC[C@H](CC(=O)O)NC(=O)OCc1ccccc1)C(=O)OCc1ccccc1. The molecule has 0 aliphatic heterocycles. The van der Waals surface area contributed by atoms with Crippen molar-refractivity contribution < 1.29 is 38.5 Å². The van der Waals surface area contributed by atoms with Crippen LogP contribution in [0.15, 0.2) is 91.0 Å². The fraction of sp³-hybridized carbons (Fsp3) is 0.353. The molecule has 3 rings (SSSR count). The molecule has 12 heteroatoms. The Balaban J connectivity index is 1.51. The largest absolute Gasteiger partial charge is 0.481 e. The molecule has 0 heterocycles. The highest BCUT2D eigenvalue weighted by Crippen LogP contribution is 2.11. The first-order chi connectivity index (χ1) is 22.3. The van der Waals surface area contributed by atoms with Crippen LogP contribution < -0.4 is 16.5 Å². The molecular formula is C34H42N4O8. The monoisotopic (exact) mass is 634 g/mol. The normalized spacial score (nSPS) is 11.9. The second kappa shape index (κ2) is 20.2. The average Bonchev–Trinajstić information content (AvgIpc) is 3.06. The van der Waals surface area contributed by atoms with Crippen molar-refractivity contribution in [1.82, 2.24) is 15.8 Å². The van der Waals surface area contributed by atoms with E-state index in [0.29, 0.717) is 25.7 Å². The van der Waals surface area contributed by atoms with E-state index in [9.17, 15) is 24.3 Å². The molecule has 0 aliphatic rings. The van der Waals surface area contributed by atoms with Crippen molar-refractivity contribution in [3.8, 4) is 0 Å². The highest BCUT2D eigenvalue weighted by molar-refractivity contribution is 5.71. The van der Waals surface area contributed by atoms with Crippen molar-refractivity contribution in [2.45, 2.75) is 70.6 Å². The number of nitrogens with two attached hydrogens (primary N) is 1. The van der Waals surface area contributed by atoms with Gasteiger partial charge in [0.15, 0.2) is 0 Å². The molecule has 0 bridgehead atoms. The average molecular weight is 635 g/mol. The first kappa shape index (κ1) is 35.5. The van der Waals surface area contributed by atoms with Gasteiger partial charge in [0, 0.05) is 13.0 Å². The number of hydrazine groups is 1. The maximum absolute atomic E-state index is 13.1. The Morgan fingerprint density at radius 2 is 1.24 bits per heavy atom. The first-order valence-corrected chi connectivity index (χ1v) is 15.2. The van der Waals surface area contributed by atoms with Crippen LogP contribution in [0.5, 0.6) is 0 Å². The number of carbonyl (C=O) groups excluding carboxylic acids is 3. The number of carboxylic acids is 1. The second-order valence-electron chi connectivity index (χ2n) is 10.6. The lowest BCUT2D eigenvalue weighted by atomic mass is 10.1. The van der Waals surface area contributed by atoms with Gasteiger partial charge in [0.05, 0.1) is 18.6 Å². The first-order valence-electron chi connectivity index (χ1n) is 15.2. The smallest absolute Gasteiger partial charge is 0.426 e. The number of amides is 2. The van der Waals surface area contributed by atoms with Crippen molar-refractivity contribution in [2.24, 2.45) is 5.73 Å². The summed E-state index contributed by atoms with van der Waals surface area (Å²) in [6.07, 6.45) is -0.378. The minimum Gasteiger partial charge on any atom is -0.481 e. The standard InChI is InChI=1S/C34H42N4O8/c35-30(19-11-4-12-20-32(41)44-23-26-13-5-1-6-14-26)38(34(43)46-25-28-17-9-3-10-18-28)36-22-29(21-31(39)40)37-33(42)45-24-27-15-7-2-8-16-27/h1-3,5-10,13-18,29-30,36H,4,11-12,19-25,35H2,(H,37,42)(H,39,40)/t29-,30?/m0/s1. The van der Waals surface area contributed by atoms with E-state index in [1.165, 1.54) is 0 Å². The number of ether oxygens (including phenoxy) is 3. The van der Waals surface area contributed by atoms with Crippen molar-refractivity contribution >= 4 is 24.1 Å². The molecule has 3 aromatic carbocycles. The van der Waals surface area contributed by atoms with Crippen molar-refractivity contribution in [3.05, 3.63) is 108 Å². The maximum Gasteiger partial charge on any atom is 0.426 e. The molecule has 0 saturated heterocycles. The third-order valence-corrected chi connectivity index (χ3v) is 6.82. The molecule has 12 nitrogen and oxygen atoms in total. The molecular weight excluding hydrogens is 592 g/mol. The van der Waals surface area contributed by atoms with Crippen LogP contribution in [0.1, 0.15) is 55.2 Å². The summed E-state index contributed by atoms with van der Waals surface area (Å²) < 4.78 is 16.0. The minimum atomic E-state index is -1.15. The Hall–Kier alpha value is -4.94. The van der Waals surface area contributed by atoms with Crippen LogP contribution in [0.3, 0.4) is 0 Å². The van der Waals surface area contributed by atoms with Crippen LogP contribution in [-0.2, 0) is 43.6 Å². The van der Waals surface area contributed by atoms with Gasteiger partial charge in [0.25, 0.3) is 0 Å². The van der Waals surface area contributed by atoms with Crippen LogP contribution in [0, 0.1) is 0 Å². The van der Waals surface area contributed by atoms with E-state index in [2.05, 4.69) is 10.7 Å². The van der Waals surface area contributed by atoms with Gasteiger partial charge in [-0.2, -0.15) is 0 Å². The molecule has 5 N–H and O–H groups in total. The third kappa shape index (κ3) is 14.2. The lowest BCUT2D eigenvalue weighted by Gasteiger charge is -2.30. The summed E-state index contributed by atoms with van der Waals surface area (Å²) in [5, 5.41) is 13.0. The Labute approximate surface area is 268 Å². The van der Waals surface area contributed by atoms with E-state index in [4.69, 9.17) is 19.9 Å². The number of alkyl carbamates (subject to hydrolysis) is 1. The third-order valence-electron chi connectivity index (χ3n) is 6.82. The van der Waals surface area contributed by atoms with Crippen LogP contribution in [0.4, 0.5) is 9.59 Å². The second-order valence-corrected chi connectivity index (χ2v) is 10.6. The zero-order valence-electron chi connectivity index (χ0n) is 25.7. The number of aliphatic carboxylic acids is 1. The summed E-state index contributed by atoms with van der Waals surface area (Å²) in [7, 11) is 0. The molecule has 1 unspecified atom stereocenters. The number of hydrogen-bond acceptors (Lipinski definition) is 9. The van der Waals surface area contributed by atoms with Crippen LogP contribution >= 0.6 is 0 Å². The predicted octanol–water partition coefficient (Wildman–Crippen LogP) is 4.88. The summed E-state index contributed by atoms with van der Waals surface area (Å²) >= 11 is 0. The fourth-order valence-corrected chi connectivity index (χ4v) is 4.37. The molecule has 2 atom stereocenters. The number of carboxylic acid groups (broad SMARTS) is 1. The molecule has 0 fully saturated rings. The lowest BCUT2D eigenvalue weighted by molar-refractivity contribution is -0.145. The van der Waals surface area contributed by atoms with Gasteiger partial charge >= 0.3 is 24.1 Å². The molecule has 0 saturated carbocycles. The van der Waals surface area contributed by atoms with Gasteiger partial charge < -0.3 is 30.4 Å². The Morgan fingerprint density at radius 3 is 1.78 bits per heavy atom. The van der Waals surface area contributed by atoms with Gasteiger partial charge in [0.1, 0.15) is 19.8 Å². The van der Waals surface area contributed by atoms with E-state index in [-0.39, 0.29) is 38.8 Å². The quantitative estimate of drug-likeness (QED) is 0.0469.